The van der Waals surface area contributed by atoms with Crippen molar-refractivity contribution in [3.05, 3.63) is 64.7 Å². The van der Waals surface area contributed by atoms with E-state index < -0.39 is 11.8 Å². The van der Waals surface area contributed by atoms with Crippen LogP contribution in [0.1, 0.15) is 52.4 Å². The van der Waals surface area contributed by atoms with Crippen LogP contribution in [-0.2, 0) is 13.1 Å². The van der Waals surface area contributed by atoms with E-state index in [0.717, 1.165) is 11.3 Å². The molecule has 120 valence electrons. The zero-order valence-electron chi connectivity index (χ0n) is 12.8. The molecule has 4 nitrogen and oxygen atoms in total. The van der Waals surface area contributed by atoms with Crippen molar-refractivity contribution in [2.24, 2.45) is 0 Å². The number of carboxylic acids is 1. The second-order valence-corrected chi connectivity index (χ2v) is 5.93. The number of carbonyl (C=O) groups is 1. The van der Waals surface area contributed by atoms with Crippen LogP contribution in [0.5, 0.6) is 0 Å². The fraction of sp³-hybridized carbons (Fsp3) is 0.333. The molecule has 0 bridgehead atoms. The summed E-state index contributed by atoms with van der Waals surface area (Å²) in [7, 11) is 0. The van der Waals surface area contributed by atoms with Gasteiger partial charge in [-0.1, -0.05) is 12.5 Å². The van der Waals surface area contributed by atoms with E-state index in [9.17, 15) is 9.18 Å². The van der Waals surface area contributed by atoms with Crippen molar-refractivity contribution in [2.45, 2.75) is 38.3 Å². The van der Waals surface area contributed by atoms with Crippen LogP contribution in [0.2, 0.25) is 0 Å². The summed E-state index contributed by atoms with van der Waals surface area (Å²) in [6.07, 6.45) is 5.59. The van der Waals surface area contributed by atoms with Gasteiger partial charge in [-0.25, -0.2) is 9.18 Å². The minimum Gasteiger partial charge on any atom is -0.478 e. The van der Waals surface area contributed by atoms with E-state index in [2.05, 4.69) is 16.4 Å². The van der Waals surface area contributed by atoms with E-state index in [0.29, 0.717) is 18.0 Å². The summed E-state index contributed by atoms with van der Waals surface area (Å²) in [6.45, 7) is 0.839. The lowest BCUT2D eigenvalue weighted by Crippen LogP contribution is -2.15. The van der Waals surface area contributed by atoms with Gasteiger partial charge in [-0.15, -0.1) is 0 Å². The normalized spacial score (nSPS) is 14.5. The number of nitrogens with zero attached hydrogens (tertiary/aromatic N) is 1. The van der Waals surface area contributed by atoms with Crippen LogP contribution in [0.25, 0.3) is 0 Å². The molecule has 2 aromatic rings. The maximum atomic E-state index is 13.7. The smallest absolute Gasteiger partial charge is 0.335 e. The van der Waals surface area contributed by atoms with E-state index in [1.165, 1.54) is 37.5 Å². The Hall–Kier alpha value is -2.27. The highest BCUT2D eigenvalue weighted by molar-refractivity contribution is 5.87. The number of carboxylic acid groups (broad SMARTS) is 1. The van der Waals surface area contributed by atoms with Crippen molar-refractivity contribution >= 4 is 5.97 Å². The van der Waals surface area contributed by atoms with Crippen molar-refractivity contribution in [3.63, 3.8) is 0 Å². The first-order valence-electron chi connectivity index (χ1n) is 7.81. The second-order valence-electron chi connectivity index (χ2n) is 5.93. The Bertz CT molecular complexity index is 697. The van der Waals surface area contributed by atoms with Gasteiger partial charge in [0.1, 0.15) is 5.82 Å². The third kappa shape index (κ3) is 3.74. The third-order valence-electron chi connectivity index (χ3n) is 4.31. The predicted molar refractivity (Wildman–Crippen MR) is 84.7 cm³/mol. The first kappa shape index (κ1) is 15.6. The largest absolute Gasteiger partial charge is 0.478 e. The highest BCUT2D eigenvalue weighted by Gasteiger charge is 2.20. The molecule has 0 atom stereocenters. The molecule has 0 amide bonds. The number of nitrogens with one attached hydrogen (secondary N) is 1. The molecule has 5 heteroatoms. The fourth-order valence-corrected chi connectivity index (χ4v) is 2.67. The second kappa shape index (κ2) is 6.87. The Morgan fingerprint density at radius 1 is 1.26 bits per heavy atom. The molecule has 0 aliphatic heterocycles. The molecule has 1 aromatic carbocycles. The number of pyridine rings is 1. The van der Waals surface area contributed by atoms with Gasteiger partial charge in [0.15, 0.2) is 0 Å². The number of aromatic nitrogens is 1. The van der Waals surface area contributed by atoms with Crippen molar-refractivity contribution < 1.29 is 14.3 Å². The van der Waals surface area contributed by atoms with Gasteiger partial charge in [0, 0.05) is 36.5 Å². The number of hydrogen-bond acceptors (Lipinski definition) is 3. The molecule has 1 fully saturated rings. The van der Waals surface area contributed by atoms with Crippen molar-refractivity contribution in [3.8, 4) is 0 Å². The zero-order chi connectivity index (χ0) is 16.2. The van der Waals surface area contributed by atoms with Gasteiger partial charge >= 0.3 is 5.97 Å². The Kier molecular flexibility index (Phi) is 4.67. The summed E-state index contributed by atoms with van der Waals surface area (Å²) in [6, 6.07) is 7.92. The molecule has 0 radical (unpaired) electrons. The maximum Gasteiger partial charge on any atom is 0.335 e. The summed E-state index contributed by atoms with van der Waals surface area (Å²) in [4.78, 5) is 15.4. The van der Waals surface area contributed by atoms with E-state index in [-0.39, 0.29) is 12.1 Å². The fourth-order valence-electron chi connectivity index (χ4n) is 2.67. The summed E-state index contributed by atoms with van der Waals surface area (Å²) in [5, 5.41) is 12.1. The molecule has 1 saturated carbocycles. The van der Waals surface area contributed by atoms with Crippen LogP contribution in [0.4, 0.5) is 4.39 Å². The van der Waals surface area contributed by atoms with Gasteiger partial charge in [0.25, 0.3) is 0 Å². The van der Waals surface area contributed by atoms with Crippen LogP contribution in [0.15, 0.2) is 36.5 Å². The molecule has 1 heterocycles. The minimum atomic E-state index is -1.05. The molecular weight excluding hydrogens is 295 g/mol. The molecule has 1 aliphatic carbocycles. The van der Waals surface area contributed by atoms with Crippen molar-refractivity contribution in [2.75, 3.05) is 0 Å². The third-order valence-corrected chi connectivity index (χ3v) is 4.31. The predicted octanol–water partition coefficient (Wildman–Crippen LogP) is 3.48. The summed E-state index contributed by atoms with van der Waals surface area (Å²) in [5.74, 6) is -0.840. The lowest BCUT2D eigenvalue weighted by atomic mass is 9.82. The molecule has 1 aliphatic rings. The van der Waals surface area contributed by atoms with Crippen LogP contribution in [0, 0.1) is 5.82 Å². The Morgan fingerprint density at radius 3 is 2.70 bits per heavy atom. The number of benzene rings is 1. The Morgan fingerprint density at radius 2 is 2.09 bits per heavy atom. The molecule has 2 N–H and O–H groups in total. The molecular formula is C18H19FN2O2. The molecule has 0 spiro atoms. The number of hydrogen-bond donors (Lipinski definition) is 2. The van der Waals surface area contributed by atoms with Crippen LogP contribution >= 0.6 is 0 Å². The SMILES string of the molecule is O=C(O)c1ccc(F)c(CNCc2ccc(C3CCC3)nc2)c1. The average molecular weight is 314 g/mol. The van der Waals surface area contributed by atoms with E-state index in [1.54, 1.807) is 0 Å². The van der Waals surface area contributed by atoms with Crippen LogP contribution < -0.4 is 5.32 Å². The summed E-state index contributed by atoms with van der Waals surface area (Å²) >= 11 is 0. The maximum absolute atomic E-state index is 13.7. The average Bonchev–Trinajstić information content (AvgIpc) is 2.49. The standard InChI is InChI=1S/C18H19FN2O2/c19-16-6-5-14(18(22)23)8-15(16)11-20-9-12-4-7-17(21-10-12)13-2-1-3-13/h4-8,10,13,20H,1-3,9,11H2,(H,22,23). The van der Waals surface area contributed by atoms with Gasteiger partial charge in [0.05, 0.1) is 5.56 Å². The zero-order valence-corrected chi connectivity index (χ0v) is 12.8. The first-order valence-corrected chi connectivity index (χ1v) is 7.81. The summed E-state index contributed by atoms with van der Waals surface area (Å²) in [5.41, 5.74) is 2.63. The lowest BCUT2D eigenvalue weighted by molar-refractivity contribution is 0.0696. The highest BCUT2D eigenvalue weighted by atomic mass is 19.1. The molecule has 23 heavy (non-hydrogen) atoms. The number of rotatable bonds is 6. The van der Waals surface area contributed by atoms with E-state index in [1.807, 2.05) is 12.3 Å². The van der Waals surface area contributed by atoms with Gasteiger partial charge in [-0.3, -0.25) is 4.98 Å². The molecule has 0 unspecified atom stereocenters. The van der Waals surface area contributed by atoms with E-state index >= 15 is 0 Å². The monoisotopic (exact) mass is 314 g/mol. The van der Waals surface area contributed by atoms with Crippen molar-refractivity contribution in [1.82, 2.24) is 10.3 Å². The van der Waals surface area contributed by atoms with Gasteiger partial charge < -0.3 is 10.4 Å². The summed E-state index contributed by atoms with van der Waals surface area (Å²) < 4.78 is 13.7. The van der Waals surface area contributed by atoms with Gasteiger partial charge in [-0.2, -0.15) is 0 Å². The van der Waals surface area contributed by atoms with Gasteiger partial charge in [-0.05, 0) is 42.7 Å². The molecule has 0 saturated heterocycles. The van der Waals surface area contributed by atoms with Crippen LogP contribution in [0.3, 0.4) is 0 Å². The lowest BCUT2D eigenvalue weighted by Gasteiger charge is -2.24. The Labute approximate surface area is 134 Å². The number of halogens is 1. The van der Waals surface area contributed by atoms with Crippen molar-refractivity contribution in [1.29, 1.82) is 0 Å². The number of aromatic carboxylic acids is 1. The minimum absolute atomic E-state index is 0.0923. The van der Waals surface area contributed by atoms with E-state index in [4.69, 9.17) is 5.11 Å². The van der Waals surface area contributed by atoms with Crippen LogP contribution in [-0.4, -0.2) is 16.1 Å². The molecule has 1 aromatic heterocycles. The first-order chi connectivity index (χ1) is 11.1. The van der Waals surface area contributed by atoms with Gasteiger partial charge in [0.2, 0.25) is 0 Å². The quantitative estimate of drug-likeness (QED) is 0.857. The molecule has 3 rings (SSSR count). The topological polar surface area (TPSA) is 62.2 Å². The Balaban J connectivity index is 1.56. The highest BCUT2D eigenvalue weighted by Crippen LogP contribution is 2.34.